The lowest BCUT2D eigenvalue weighted by Crippen LogP contribution is -1.86. The van der Waals surface area contributed by atoms with Crippen molar-refractivity contribution < 1.29 is 8.78 Å². The largest absolute Gasteiger partial charge is 0.339 e. The molecular weight excluding hydrogens is 254 g/mol. The third-order valence-corrected chi connectivity index (χ3v) is 2.38. The number of nitrogens with zero attached hydrogens (tertiary/aromatic N) is 1. The second kappa shape index (κ2) is 3.49. The molecular formula is C9H5BrF2N2. The molecule has 0 fully saturated rings. The zero-order chi connectivity index (χ0) is 10.1. The number of hydrogen-bond donors (Lipinski definition) is 1. The van der Waals surface area contributed by atoms with Gasteiger partial charge in [0.25, 0.3) is 0 Å². The van der Waals surface area contributed by atoms with Gasteiger partial charge in [-0.05, 0) is 28.1 Å². The van der Waals surface area contributed by atoms with E-state index in [4.69, 9.17) is 0 Å². The number of hydrogen-bond acceptors (Lipinski definition) is 1. The van der Waals surface area contributed by atoms with E-state index in [-0.39, 0.29) is 5.56 Å². The first-order valence-corrected chi connectivity index (χ1v) is 4.62. The average Bonchev–Trinajstić information content (AvgIpc) is 2.52. The van der Waals surface area contributed by atoms with Gasteiger partial charge in [-0.1, -0.05) is 0 Å². The van der Waals surface area contributed by atoms with E-state index in [0.29, 0.717) is 10.3 Å². The number of benzene rings is 1. The maximum absolute atomic E-state index is 13.3. The number of nitrogens with one attached hydrogen (secondary N) is 1. The molecule has 1 aromatic carbocycles. The summed E-state index contributed by atoms with van der Waals surface area (Å²) in [6.07, 6.45) is 1.43. The zero-order valence-electron chi connectivity index (χ0n) is 6.89. The molecule has 0 saturated heterocycles. The Morgan fingerprint density at radius 2 is 2.07 bits per heavy atom. The van der Waals surface area contributed by atoms with Crippen molar-refractivity contribution in [1.82, 2.24) is 9.97 Å². The number of H-pyrrole nitrogens is 1. The Hall–Kier alpha value is -1.23. The molecule has 1 N–H and O–H groups in total. The highest BCUT2D eigenvalue weighted by Gasteiger charge is 2.11. The minimum Gasteiger partial charge on any atom is -0.339 e. The van der Waals surface area contributed by atoms with Gasteiger partial charge in [0.2, 0.25) is 0 Å². The predicted molar refractivity (Wildman–Crippen MR) is 51.6 cm³/mol. The minimum atomic E-state index is -0.627. The van der Waals surface area contributed by atoms with Crippen LogP contribution in [0, 0.1) is 11.6 Å². The fourth-order valence-electron chi connectivity index (χ4n) is 1.15. The van der Waals surface area contributed by atoms with E-state index in [9.17, 15) is 8.78 Å². The van der Waals surface area contributed by atoms with Crippen LogP contribution in [-0.2, 0) is 0 Å². The van der Waals surface area contributed by atoms with Crippen molar-refractivity contribution in [2.75, 3.05) is 0 Å². The third-order valence-electron chi connectivity index (χ3n) is 1.78. The van der Waals surface area contributed by atoms with Crippen molar-refractivity contribution >= 4 is 15.9 Å². The van der Waals surface area contributed by atoms with E-state index < -0.39 is 11.6 Å². The van der Waals surface area contributed by atoms with Gasteiger partial charge in [0.05, 0.1) is 6.33 Å². The van der Waals surface area contributed by atoms with E-state index in [1.165, 1.54) is 18.5 Å². The standard InChI is InChI=1S/C9H5BrF2N2/c10-9-8(13-4-14-9)6-2-1-5(11)3-7(6)12/h1-4H,(H,13,14). The summed E-state index contributed by atoms with van der Waals surface area (Å²) in [6.45, 7) is 0. The molecule has 0 atom stereocenters. The van der Waals surface area contributed by atoms with Crippen LogP contribution in [-0.4, -0.2) is 9.97 Å². The monoisotopic (exact) mass is 258 g/mol. The van der Waals surface area contributed by atoms with Crippen molar-refractivity contribution in [3.8, 4) is 11.3 Å². The molecule has 2 aromatic rings. The molecule has 72 valence electrons. The number of aromatic nitrogens is 2. The summed E-state index contributed by atoms with van der Waals surface area (Å²) in [6, 6.07) is 3.38. The van der Waals surface area contributed by atoms with Crippen LogP contribution in [0.25, 0.3) is 11.3 Å². The van der Waals surface area contributed by atoms with Crippen LogP contribution >= 0.6 is 15.9 Å². The van der Waals surface area contributed by atoms with E-state index in [1.807, 2.05) is 0 Å². The SMILES string of the molecule is Fc1ccc(-c2nc[nH]c2Br)c(F)c1. The van der Waals surface area contributed by atoms with Crippen LogP contribution in [0.2, 0.25) is 0 Å². The van der Waals surface area contributed by atoms with Gasteiger partial charge in [0.1, 0.15) is 21.9 Å². The van der Waals surface area contributed by atoms with Crippen molar-refractivity contribution in [2.45, 2.75) is 0 Å². The Balaban J connectivity index is 2.58. The first-order chi connectivity index (χ1) is 6.68. The fourth-order valence-corrected chi connectivity index (χ4v) is 1.57. The maximum atomic E-state index is 13.3. The quantitative estimate of drug-likeness (QED) is 0.837. The molecule has 0 aliphatic carbocycles. The van der Waals surface area contributed by atoms with Gasteiger partial charge < -0.3 is 4.98 Å². The molecule has 0 saturated carbocycles. The van der Waals surface area contributed by atoms with E-state index in [0.717, 1.165) is 6.07 Å². The van der Waals surface area contributed by atoms with Gasteiger partial charge in [-0.3, -0.25) is 0 Å². The highest BCUT2D eigenvalue weighted by Crippen LogP contribution is 2.26. The maximum Gasteiger partial charge on any atom is 0.135 e. The minimum absolute atomic E-state index is 0.263. The van der Waals surface area contributed by atoms with Crippen LogP contribution in [0.4, 0.5) is 8.78 Å². The van der Waals surface area contributed by atoms with E-state index in [2.05, 4.69) is 25.9 Å². The van der Waals surface area contributed by atoms with Gasteiger partial charge in [0, 0.05) is 11.6 Å². The lowest BCUT2D eigenvalue weighted by molar-refractivity contribution is 0.585. The summed E-state index contributed by atoms with van der Waals surface area (Å²) >= 11 is 3.18. The van der Waals surface area contributed by atoms with Crippen LogP contribution in [0.1, 0.15) is 0 Å². The fraction of sp³-hybridized carbons (Fsp3) is 0. The molecule has 14 heavy (non-hydrogen) atoms. The number of rotatable bonds is 1. The number of aromatic amines is 1. The molecule has 1 aromatic heterocycles. The number of halogens is 3. The molecule has 0 radical (unpaired) electrons. The van der Waals surface area contributed by atoms with Crippen LogP contribution < -0.4 is 0 Å². The van der Waals surface area contributed by atoms with Crippen LogP contribution in [0.3, 0.4) is 0 Å². The summed E-state index contributed by atoms with van der Waals surface area (Å²) in [5.74, 6) is -1.23. The van der Waals surface area contributed by atoms with Gasteiger partial charge in [-0.15, -0.1) is 0 Å². The summed E-state index contributed by atoms with van der Waals surface area (Å²) in [7, 11) is 0. The highest BCUT2D eigenvalue weighted by molar-refractivity contribution is 9.10. The van der Waals surface area contributed by atoms with Gasteiger partial charge >= 0.3 is 0 Å². The molecule has 1 heterocycles. The van der Waals surface area contributed by atoms with Gasteiger partial charge in [-0.2, -0.15) is 0 Å². The highest BCUT2D eigenvalue weighted by atomic mass is 79.9. The molecule has 0 aliphatic heterocycles. The second-order valence-electron chi connectivity index (χ2n) is 2.69. The van der Waals surface area contributed by atoms with Gasteiger partial charge in [0.15, 0.2) is 0 Å². The average molecular weight is 259 g/mol. The lowest BCUT2D eigenvalue weighted by atomic mass is 10.1. The smallest absolute Gasteiger partial charge is 0.135 e. The summed E-state index contributed by atoms with van der Waals surface area (Å²) in [4.78, 5) is 6.67. The Bertz CT molecular complexity index is 468. The molecule has 0 amide bonds. The van der Waals surface area contributed by atoms with Crippen molar-refractivity contribution in [1.29, 1.82) is 0 Å². The summed E-state index contributed by atoms with van der Waals surface area (Å²) in [5.41, 5.74) is 0.696. The Kier molecular flexibility index (Phi) is 2.33. The van der Waals surface area contributed by atoms with Gasteiger partial charge in [-0.25, -0.2) is 13.8 Å². The molecule has 0 unspecified atom stereocenters. The molecule has 2 nitrogen and oxygen atoms in total. The Labute approximate surface area is 87.1 Å². The van der Waals surface area contributed by atoms with Crippen LogP contribution in [0.15, 0.2) is 29.1 Å². The van der Waals surface area contributed by atoms with Crippen molar-refractivity contribution in [2.24, 2.45) is 0 Å². The molecule has 0 bridgehead atoms. The van der Waals surface area contributed by atoms with Crippen molar-refractivity contribution in [3.05, 3.63) is 40.8 Å². The van der Waals surface area contributed by atoms with E-state index >= 15 is 0 Å². The predicted octanol–water partition coefficient (Wildman–Crippen LogP) is 3.12. The Morgan fingerprint density at radius 3 is 2.64 bits per heavy atom. The zero-order valence-corrected chi connectivity index (χ0v) is 8.48. The molecule has 5 heteroatoms. The third kappa shape index (κ3) is 1.55. The van der Waals surface area contributed by atoms with Crippen LogP contribution in [0.5, 0.6) is 0 Å². The topological polar surface area (TPSA) is 28.7 Å². The summed E-state index contributed by atoms with van der Waals surface area (Å²) in [5, 5.41) is 0. The molecule has 2 rings (SSSR count). The second-order valence-corrected chi connectivity index (χ2v) is 3.48. The molecule has 0 spiro atoms. The normalized spacial score (nSPS) is 10.5. The first-order valence-electron chi connectivity index (χ1n) is 3.83. The summed E-state index contributed by atoms with van der Waals surface area (Å²) < 4.78 is 26.5. The molecule has 0 aliphatic rings. The van der Waals surface area contributed by atoms with Crippen molar-refractivity contribution in [3.63, 3.8) is 0 Å². The lowest BCUT2D eigenvalue weighted by Gasteiger charge is -1.99. The van der Waals surface area contributed by atoms with E-state index in [1.54, 1.807) is 0 Å². The first kappa shape index (κ1) is 9.33. The Morgan fingerprint density at radius 1 is 1.29 bits per heavy atom. The number of imidazole rings is 1.